The third-order valence-corrected chi connectivity index (χ3v) is 7.99. The number of fused-ring (bicyclic) bond motifs is 1. The Hall–Kier alpha value is -4.39. The fraction of sp³-hybridized carbons (Fsp3) is 0.200. The van der Waals surface area contributed by atoms with Gasteiger partial charge in [0.1, 0.15) is 11.6 Å². The summed E-state index contributed by atoms with van der Waals surface area (Å²) in [4.78, 5) is 16.7. The number of aromatic amines is 1. The van der Waals surface area contributed by atoms with E-state index in [4.69, 9.17) is 15.2 Å². The molecule has 2 aromatic heterocycles. The van der Waals surface area contributed by atoms with E-state index in [9.17, 15) is 13.6 Å². The minimum Gasteiger partial charge on any atom is -0.454 e. The van der Waals surface area contributed by atoms with Crippen molar-refractivity contribution in [3.63, 3.8) is 0 Å². The van der Waals surface area contributed by atoms with E-state index in [0.29, 0.717) is 35.9 Å². The number of anilines is 2. The molecule has 0 aliphatic carbocycles. The molecule has 4 N–H and O–H groups in total. The number of ketones is 1. The highest BCUT2D eigenvalue weighted by Crippen LogP contribution is 2.31. The van der Waals surface area contributed by atoms with Gasteiger partial charge in [-0.15, -0.1) is 0 Å². The number of H-pyrrole nitrogens is 1. The standard InChI is InChI=1S/C30H28F2N6O3S/c1-17-12-19-14-25(35-24(19)15-23(17)36-42-37-8-10-40-11-9-37)29(39)21-16-34-38(30(21)33)26-7-6-20(13-18(26)2)41-27-5-3-4-22(31)28(27)32/h3-7,12-16,35-36H,8-11,33H2,1-2H3. The van der Waals surface area contributed by atoms with E-state index in [1.165, 1.54) is 23.0 Å². The van der Waals surface area contributed by atoms with Crippen LogP contribution in [0.1, 0.15) is 27.2 Å². The van der Waals surface area contributed by atoms with Crippen molar-refractivity contribution in [2.45, 2.75) is 13.8 Å². The number of hydrogen-bond donors (Lipinski definition) is 3. The first-order chi connectivity index (χ1) is 20.3. The zero-order valence-electron chi connectivity index (χ0n) is 22.9. The van der Waals surface area contributed by atoms with Gasteiger partial charge >= 0.3 is 0 Å². The average Bonchev–Trinajstić information content (AvgIpc) is 3.57. The number of aryl methyl sites for hydroxylation is 2. The molecule has 0 bridgehead atoms. The molecule has 3 heterocycles. The van der Waals surface area contributed by atoms with Crippen LogP contribution in [0.4, 0.5) is 20.3 Å². The van der Waals surface area contributed by atoms with Gasteiger partial charge < -0.3 is 24.9 Å². The van der Waals surface area contributed by atoms with Gasteiger partial charge in [0.15, 0.2) is 11.6 Å². The van der Waals surface area contributed by atoms with Gasteiger partial charge in [0.05, 0.1) is 42.0 Å². The SMILES string of the molecule is Cc1cc2cc(C(=O)c3cnn(-c4ccc(Oc5cccc(F)c5F)cc4C)c3N)[nH]c2cc1NSN1CCOCC1. The number of nitrogen functional groups attached to an aromatic ring is 1. The number of benzene rings is 3. The predicted molar refractivity (Wildman–Crippen MR) is 159 cm³/mol. The quantitative estimate of drug-likeness (QED) is 0.146. The molecule has 0 radical (unpaired) electrons. The molecule has 0 spiro atoms. The van der Waals surface area contributed by atoms with Crippen molar-refractivity contribution in [1.82, 2.24) is 19.1 Å². The van der Waals surface area contributed by atoms with Crippen molar-refractivity contribution >= 4 is 40.3 Å². The van der Waals surface area contributed by atoms with E-state index in [1.54, 1.807) is 37.3 Å². The van der Waals surface area contributed by atoms with Gasteiger partial charge in [-0.25, -0.2) is 13.4 Å². The minimum atomic E-state index is -1.06. The van der Waals surface area contributed by atoms with Gasteiger partial charge in [-0.05, 0) is 73.5 Å². The van der Waals surface area contributed by atoms with Crippen LogP contribution in [-0.4, -0.2) is 51.2 Å². The Morgan fingerprint density at radius 3 is 2.69 bits per heavy atom. The monoisotopic (exact) mass is 590 g/mol. The van der Waals surface area contributed by atoms with E-state index in [2.05, 4.69) is 19.1 Å². The molecule has 0 amide bonds. The molecule has 5 aromatic rings. The molecule has 3 aromatic carbocycles. The number of ether oxygens (including phenoxy) is 2. The summed E-state index contributed by atoms with van der Waals surface area (Å²) in [6.45, 7) is 6.95. The lowest BCUT2D eigenvalue weighted by atomic mass is 10.1. The van der Waals surface area contributed by atoms with Gasteiger partial charge in [0.25, 0.3) is 0 Å². The Bertz CT molecular complexity index is 1800. The number of nitrogens with zero attached hydrogens (tertiary/aromatic N) is 3. The summed E-state index contributed by atoms with van der Waals surface area (Å²) in [6, 6.07) is 14.5. The zero-order valence-corrected chi connectivity index (χ0v) is 23.7. The molecule has 0 unspecified atom stereocenters. The molecule has 0 atom stereocenters. The Balaban J connectivity index is 1.21. The number of hydrogen-bond acceptors (Lipinski definition) is 8. The summed E-state index contributed by atoms with van der Waals surface area (Å²) in [5, 5.41) is 5.27. The molecular weight excluding hydrogens is 562 g/mol. The van der Waals surface area contributed by atoms with Crippen LogP contribution in [0.2, 0.25) is 0 Å². The van der Waals surface area contributed by atoms with Crippen LogP contribution in [0.3, 0.4) is 0 Å². The number of carbonyl (C=O) groups is 1. The molecule has 42 heavy (non-hydrogen) atoms. The zero-order chi connectivity index (χ0) is 29.4. The van der Waals surface area contributed by atoms with Gasteiger partial charge in [-0.3, -0.25) is 4.79 Å². The van der Waals surface area contributed by atoms with Crippen LogP contribution in [-0.2, 0) is 4.74 Å². The summed E-state index contributed by atoms with van der Waals surface area (Å²) in [6.07, 6.45) is 1.44. The topological polar surface area (TPSA) is 110 Å². The normalized spacial score (nSPS) is 13.9. The van der Waals surface area contributed by atoms with E-state index in [0.717, 1.165) is 41.3 Å². The summed E-state index contributed by atoms with van der Waals surface area (Å²) < 4.78 is 45.6. The number of rotatable bonds is 8. The number of halogens is 2. The van der Waals surface area contributed by atoms with E-state index < -0.39 is 11.6 Å². The van der Waals surface area contributed by atoms with E-state index in [-0.39, 0.29) is 22.9 Å². The summed E-state index contributed by atoms with van der Waals surface area (Å²) in [7, 11) is 0. The molecule has 1 fully saturated rings. The Morgan fingerprint density at radius 2 is 1.90 bits per heavy atom. The summed E-state index contributed by atoms with van der Waals surface area (Å²) >= 11 is 1.54. The van der Waals surface area contributed by atoms with Gasteiger partial charge in [0.2, 0.25) is 11.6 Å². The third kappa shape index (κ3) is 5.43. The second kappa shape index (κ2) is 11.5. The van der Waals surface area contributed by atoms with Crippen molar-refractivity contribution in [1.29, 1.82) is 0 Å². The first kappa shape index (κ1) is 27.8. The highest BCUT2D eigenvalue weighted by Gasteiger charge is 2.21. The van der Waals surface area contributed by atoms with Crippen molar-refractivity contribution in [3.8, 4) is 17.2 Å². The van der Waals surface area contributed by atoms with Gasteiger partial charge in [-0.2, -0.15) is 9.49 Å². The number of carbonyl (C=O) groups excluding carboxylic acids is 1. The molecule has 12 heteroatoms. The average molecular weight is 591 g/mol. The first-order valence-corrected chi connectivity index (χ1v) is 14.1. The molecule has 1 aliphatic rings. The summed E-state index contributed by atoms with van der Waals surface area (Å²) in [5.41, 5.74) is 11.2. The highest BCUT2D eigenvalue weighted by molar-refractivity contribution is 7.98. The fourth-order valence-corrected chi connectivity index (χ4v) is 5.55. The van der Waals surface area contributed by atoms with Crippen LogP contribution >= 0.6 is 12.1 Å². The highest BCUT2D eigenvalue weighted by atomic mass is 32.2. The second-order valence-corrected chi connectivity index (χ2v) is 10.9. The molecule has 1 aliphatic heterocycles. The lowest BCUT2D eigenvalue weighted by molar-refractivity contribution is 0.0775. The smallest absolute Gasteiger partial charge is 0.214 e. The van der Waals surface area contributed by atoms with E-state index in [1.807, 2.05) is 25.1 Å². The van der Waals surface area contributed by atoms with Crippen molar-refractivity contribution < 1.29 is 23.0 Å². The van der Waals surface area contributed by atoms with Crippen LogP contribution in [0.25, 0.3) is 16.6 Å². The number of nitrogens with one attached hydrogen (secondary N) is 2. The minimum absolute atomic E-state index is 0.173. The van der Waals surface area contributed by atoms with E-state index >= 15 is 0 Å². The lowest BCUT2D eigenvalue weighted by Gasteiger charge is -2.25. The first-order valence-electron chi connectivity index (χ1n) is 13.3. The Morgan fingerprint density at radius 1 is 1.10 bits per heavy atom. The number of morpholine rings is 1. The maximum absolute atomic E-state index is 14.0. The summed E-state index contributed by atoms with van der Waals surface area (Å²) in [5.74, 6) is -2.08. The third-order valence-electron chi connectivity index (χ3n) is 7.06. The number of nitrogens with two attached hydrogens (primary N) is 1. The maximum Gasteiger partial charge on any atom is 0.214 e. The largest absolute Gasteiger partial charge is 0.454 e. The second-order valence-electron chi connectivity index (χ2n) is 9.96. The van der Waals surface area contributed by atoms with Gasteiger partial charge in [0, 0.05) is 36.1 Å². The molecule has 0 saturated carbocycles. The molecule has 9 nitrogen and oxygen atoms in total. The van der Waals surface area contributed by atoms with Crippen molar-refractivity contribution in [3.05, 3.63) is 94.8 Å². The van der Waals surface area contributed by atoms with Crippen molar-refractivity contribution in [2.75, 3.05) is 36.8 Å². The molecule has 216 valence electrons. The fourth-order valence-electron chi connectivity index (χ4n) is 4.77. The Kier molecular flexibility index (Phi) is 7.58. The van der Waals surface area contributed by atoms with Crippen molar-refractivity contribution in [2.24, 2.45) is 0 Å². The van der Waals surface area contributed by atoms with Gasteiger partial charge in [-0.1, -0.05) is 6.07 Å². The Labute approximate surface area is 244 Å². The van der Waals surface area contributed by atoms with Crippen LogP contribution in [0.5, 0.6) is 11.5 Å². The lowest BCUT2D eigenvalue weighted by Crippen LogP contribution is -2.32. The maximum atomic E-state index is 14.0. The molecule has 1 saturated heterocycles. The molecule has 6 rings (SSSR count). The van der Waals surface area contributed by atoms with Crippen LogP contribution in [0, 0.1) is 25.5 Å². The number of aromatic nitrogens is 3. The van der Waals surface area contributed by atoms with Crippen LogP contribution < -0.4 is 15.2 Å². The van der Waals surface area contributed by atoms with Crippen LogP contribution in [0.15, 0.2) is 60.8 Å². The predicted octanol–water partition coefficient (Wildman–Crippen LogP) is 6.16. The molecular formula is C30H28F2N6O3S.